The number of nitrogens with one attached hydrogen (secondary N) is 1. The van der Waals surface area contributed by atoms with E-state index in [1.807, 2.05) is 18.2 Å². The molecule has 1 fully saturated rings. The van der Waals surface area contributed by atoms with Crippen LogP contribution >= 0.6 is 0 Å². The van der Waals surface area contributed by atoms with Gasteiger partial charge in [-0.25, -0.2) is 0 Å². The van der Waals surface area contributed by atoms with Crippen molar-refractivity contribution in [1.29, 1.82) is 0 Å². The molecule has 0 spiro atoms. The fourth-order valence-corrected chi connectivity index (χ4v) is 1.65. The second-order valence-corrected chi connectivity index (χ2v) is 3.92. The number of hydrogen-bond acceptors (Lipinski definition) is 3. The Balaban J connectivity index is 1.97. The SMILES string of the molecule is NC(=C1CC1)c1cc(-c2ccncc2)n[nH]1. The number of aromatic amines is 1. The third-order valence-corrected chi connectivity index (χ3v) is 2.73. The minimum Gasteiger partial charge on any atom is -0.397 e. The molecule has 0 amide bonds. The van der Waals surface area contributed by atoms with E-state index < -0.39 is 0 Å². The summed E-state index contributed by atoms with van der Waals surface area (Å²) in [5.74, 6) is 0. The molecule has 4 nitrogen and oxygen atoms in total. The zero-order chi connectivity index (χ0) is 11.0. The monoisotopic (exact) mass is 212 g/mol. The average Bonchev–Trinajstić information content (AvgIpc) is 3.07. The zero-order valence-corrected chi connectivity index (χ0v) is 8.77. The highest BCUT2D eigenvalue weighted by molar-refractivity contribution is 5.70. The number of hydrogen-bond donors (Lipinski definition) is 2. The van der Waals surface area contributed by atoms with Crippen LogP contribution in [0.15, 0.2) is 36.2 Å². The van der Waals surface area contributed by atoms with Crippen LogP contribution in [0.4, 0.5) is 0 Å². The van der Waals surface area contributed by atoms with E-state index in [4.69, 9.17) is 5.73 Å². The number of nitrogens with two attached hydrogens (primary N) is 1. The molecule has 2 aromatic rings. The molecule has 4 heteroatoms. The molecule has 0 aromatic carbocycles. The summed E-state index contributed by atoms with van der Waals surface area (Å²) >= 11 is 0. The molecule has 0 saturated heterocycles. The number of nitrogens with zero attached hydrogens (tertiary/aromatic N) is 2. The lowest BCUT2D eigenvalue weighted by Gasteiger charge is -1.94. The number of rotatable bonds is 2. The predicted molar refractivity (Wildman–Crippen MR) is 62.2 cm³/mol. The first kappa shape index (κ1) is 9.15. The Morgan fingerprint density at radius 2 is 2.00 bits per heavy atom. The van der Waals surface area contributed by atoms with Gasteiger partial charge in [-0.05, 0) is 36.6 Å². The number of allylic oxidation sites excluding steroid dienone is 1. The average molecular weight is 212 g/mol. The summed E-state index contributed by atoms with van der Waals surface area (Å²) in [5.41, 5.74) is 11.0. The Hall–Kier alpha value is -2.10. The lowest BCUT2D eigenvalue weighted by molar-refractivity contribution is 1.07. The van der Waals surface area contributed by atoms with Crippen LogP contribution in [0.3, 0.4) is 0 Å². The second-order valence-electron chi connectivity index (χ2n) is 3.92. The molecule has 0 atom stereocenters. The Morgan fingerprint density at radius 3 is 2.69 bits per heavy atom. The number of pyridine rings is 1. The van der Waals surface area contributed by atoms with Crippen molar-refractivity contribution in [2.75, 3.05) is 0 Å². The van der Waals surface area contributed by atoms with Gasteiger partial charge in [-0.2, -0.15) is 5.10 Å². The van der Waals surface area contributed by atoms with Gasteiger partial charge in [0.15, 0.2) is 0 Å². The van der Waals surface area contributed by atoms with Crippen LogP contribution < -0.4 is 5.73 Å². The van der Waals surface area contributed by atoms with Gasteiger partial charge in [0.05, 0.1) is 17.1 Å². The molecule has 0 aliphatic heterocycles. The minimum absolute atomic E-state index is 0.854. The smallest absolute Gasteiger partial charge is 0.0928 e. The molecule has 2 aromatic heterocycles. The summed E-state index contributed by atoms with van der Waals surface area (Å²) in [4.78, 5) is 3.98. The number of H-pyrrole nitrogens is 1. The molecule has 1 saturated carbocycles. The van der Waals surface area contributed by atoms with Crippen molar-refractivity contribution < 1.29 is 0 Å². The normalized spacial score (nSPS) is 13.9. The van der Waals surface area contributed by atoms with Crippen molar-refractivity contribution in [3.63, 3.8) is 0 Å². The molecule has 0 radical (unpaired) electrons. The molecule has 0 unspecified atom stereocenters. The van der Waals surface area contributed by atoms with Gasteiger partial charge in [-0.15, -0.1) is 0 Å². The van der Waals surface area contributed by atoms with E-state index >= 15 is 0 Å². The van der Waals surface area contributed by atoms with E-state index in [1.54, 1.807) is 12.4 Å². The fraction of sp³-hybridized carbons (Fsp3) is 0.167. The van der Waals surface area contributed by atoms with Crippen LogP contribution in [0.25, 0.3) is 17.0 Å². The highest BCUT2D eigenvalue weighted by atomic mass is 15.1. The molecule has 0 bridgehead atoms. The highest BCUT2D eigenvalue weighted by Gasteiger charge is 2.18. The van der Waals surface area contributed by atoms with Crippen LogP contribution in [-0.4, -0.2) is 15.2 Å². The fourth-order valence-electron chi connectivity index (χ4n) is 1.65. The van der Waals surface area contributed by atoms with E-state index in [0.29, 0.717) is 0 Å². The standard InChI is InChI=1S/C12H12N4/c13-12(9-1-2-9)11-7-10(15-16-11)8-3-5-14-6-4-8/h3-7H,1-2,13H2,(H,15,16). The Morgan fingerprint density at radius 1 is 1.25 bits per heavy atom. The predicted octanol–water partition coefficient (Wildman–Crippen LogP) is 1.94. The van der Waals surface area contributed by atoms with Crippen molar-refractivity contribution in [2.45, 2.75) is 12.8 Å². The van der Waals surface area contributed by atoms with Gasteiger partial charge in [0.2, 0.25) is 0 Å². The van der Waals surface area contributed by atoms with Gasteiger partial charge >= 0.3 is 0 Å². The van der Waals surface area contributed by atoms with E-state index in [9.17, 15) is 0 Å². The summed E-state index contributed by atoms with van der Waals surface area (Å²) in [6.07, 6.45) is 5.75. The molecular weight excluding hydrogens is 200 g/mol. The molecule has 2 heterocycles. The van der Waals surface area contributed by atoms with Gasteiger partial charge < -0.3 is 5.73 Å². The van der Waals surface area contributed by atoms with Crippen molar-refractivity contribution in [2.24, 2.45) is 5.73 Å². The Bertz CT molecular complexity index is 533. The number of aromatic nitrogens is 3. The van der Waals surface area contributed by atoms with Gasteiger partial charge in [-0.3, -0.25) is 10.1 Å². The first-order valence-electron chi connectivity index (χ1n) is 5.28. The Labute approximate surface area is 93.2 Å². The van der Waals surface area contributed by atoms with E-state index in [-0.39, 0.29) is 0 Å². The third kappa shape index (κ3) is 1.58. The van der Waals surface area contributed by atoms with E-state index in [1.165, 1.54) is 5.57 Å². The van der Waals surface area contributed by atoms with E-state index in [0.717, 1.165) is 35.5 Å². The summed E-state index contributed by atoms with van der Waals surface area (Å²) in [5, 5.41) is 7.22. The van der Waals surface area contributed by atoms with Crippen LogP contribution in [0, 0.1) is 0 Å². The molecule has 1 aliphatic carbocycles. The largest absolute Gasteiger partial charge is 0.397 e. The van der Waals surface area contributed by atoms with Crippen molar-refractivity contribution >= 4 is 5.70 Å². The first-order valence-corrected chi connectivity index (χ1v) is 5.28. The third-order valence-electron chi connectivity index (χ3n) is 2.73. The van der Waals surface area contributed by atoms with Gasteiger partial charge in [-0.1, -0.05) is 0 Å². The summed E-state index contributed by atoms with van der Waals surface area (Å²) < 4.78 is 0. The molecule has 3 rings (SSSR count). The summed E-state index contributed by atoms with van der Waals surface area (Å²) in [6.45, 7) is 0. The maximum atomic E-state index is 5.99. The van der Waals surface area contributed by atoms with Crippen LogP contribution in [0.1, 0.15) is 18.5 Å². The van der Waals surface area contributed by atoms with E-state index in [2.05, 4.69) is 15.2 Å². The van der Waals surface area contributed by atoms with Gasteiger partial charge in [0, 0.05) is 18.0 Å². The minimum atomic E-state index is 0.854. The van der Waals surface area contributed by atoms with Gasteiger partial charge in [0.1, 0.15) is 0 Å². The Kier molecular flexibility index (Phi) is 1.99. The zero-order valence-electron chi connectivity index (χ0n) is 8.77. The maximum Gasteiger partial charge on any atom is 0.0928 e. The second kappa shape index (κ2) is 3.48. The summed E-state index contributed by atoms with van der Waals surface area (Å²) in [6, 6.07) is 5.84. The highest BCUT2D eigenvalue weighted by Crippen LogP contribution is 2.33. The van der Waals surface area contributed by atoms with Crippen molar-refractivity contribution in [3.05, 3.63) is 41.9 Å². The van der Waals surface area contributed by atoms with Crippen LogP contribution in [0.5, 0.6) is 0 Å². The first-order chi connectivity index (χ1) is 7.84. The molecule has 16 heavy (non-hydrogen) atoms. The lowest BCUT2D eigenvalue weighted by Crippen LogP contribution is -1.96. The topological polar surface area (TPSA) is 67.6 Å². The van der Waals surface area contributed by atoms with Gasteiger partial charge in [0.25, 0.3) is 0 Å². The quantitative estimate of drug-likeness (QED) is 0.799. The van der Waals surface area contributed by atoms with Crippen LogP contribution in [-0.2, 0) is 0 Å². The van der Waals surface area contributed by atoms with Crippen LogP contribution in [0.2, 0.25) is 0 Å². The molecule has 80 valence electrons. The van der Waals surface area contributed by atoms with Crippen molar-refractivity contribution in [1.82, 2.24) is 15.2 Å². The molecule has 1 aliphatic rings. The summed E-state index contributed by atoms with van der Waals surface area (Å²) in [7, 11) is 0. The molecular formula is C12H12N4. The lowest BCUT2D eigenvalue weighted by atomic mass is 10.2. The maximum absolute atomic E-state index is 5.99. The molecule has 3 N–H and O–H groups in total. The van der Waals surface area contributed by atoms with Crippen molar-refractivity contribution in [3.8, 4) is 11.3 Å².